The van der Waals surface area contributed by atoms with E-state index < -0.39 is 17.0 Å². The number of carbonyl (C=O) groups is 1. The van der Waals surface area contributed by atoms with Crippen molar-refractivity contribution in [3.63, 3.8) is 0 Å². The smallest absolute Gasteiger partial charge is 0.349 e. The molecule has 1 fully saturated rings. The molecule has 38 heavy (non-hydrogen) atoms. The first kappa shape index (κ1) is 26.7. The fourth-order valence-electron chi connectivity index (χ4n) is 5.86. The molecule has 0 radical (unpaired) electrons. The van der Waals surface area contributed by atoms with Crippen LogP contribution in [0.4, 0.5) is 10.1 Å². The zero-order chi connectivity index (χ0) is 27.2. The second kappa shape index (κ2) is 9.99. The highest BCUT2D eigenvalue weighted by atomic mass is 35.5. The number of ether oxygens (including phenoxy) is 2. The van der Waals surface area contributed by atoms with Crippen LogP contribution in [-0.4, -0.2) is 31.4 Å². The lowest BCUT2D eigenvalue weighted by atomic mass is 9.59. The monoisotopic (exact) mass is 554 g/mol. The summed E-state index contributed by atoms with van der Waals surface area (Å²) in [6.07, 6.45) is 2.67. The summed E-state index contributed by atoms with van der Waals surface area (Å²) in [5.74, 6) is -0.442. The van der Waals surface area contributed by atoms with Crippen LogP contribution in [0.2, 0.25) is 10.0 Å². The molecule has 0 aliphatic carbocycles. The molecule has 5 rings (SSSR count). The quantitative estimate of drug-likeness (QED) is 0.337. The van der Waals surface area contributed by atoms with Crippen molar-refractivity contribution in [2.75, 3.05) is 13.7 Å². The van der Waals surface area contributed by atoms with Crippen LogP contribution in [0, 0.1) is 12.7 Å². The van der Waals surface area contributed by atoms with E-state index in [0.29, 0.717) is 28.8 Å². The largest absolute Gasteiger partial charge is 0.476 e. The minimum Gasteiger partial charge on any atom is -0.476 e. The van der Waals surface area contributed by atoms with Gasteiger partial charge in [-0.2, -0.15) is 0 Å². The predicted molar refractivity (Wildman–Crippen MR) is 149 cm³/mol. The molecular formula is C30H29Cl2FN2O3. The molecule has 2 aliphatic rings. The van der Waals surface area contributed by atoms with Gasteiger partial charge >= 0.3 is 5.97 Å². The zero-order valence-corrected chi connectivity index (χ0v) is 23.2. The lowest BCUT2D eigenvalue weighted by molar-refractivity contribution is -0.156. The fraction of sp³-hybridized carbons (Fsp3) is 0.333. The van der Waals surface area contributed by atoms with E-state index in [1.54, 1.807) is 38.1 Å². The maximum Gasteiger partial charge on any atom is 0.349 e. The number of hydrogen-bond donors (Lipinski definition) is 1. The van der Waals surface area contributed by atoms with Gasteiger partial charge in [-0.3, -0.25) is 4.99 Å². The highest BCUT2D eigenvalue weighted by Crippen LogP contribution is 2.57. The maximum absolute atomic E-state index is 14.6. The molecule has 2 aliphatic heterocycles. The van der Waals surface area contributed by atoms with Crippen molar-refractivity contribution in [2.45, 2.75) is 50.2 Å². The Kier molecular flexibility index (Phi) is 7.01. The van der Waals surface area contributed by atoms with Gasteiger partial charge in [0.2, 0.25) is 0 Å². The number of halogens is 3. The summed E-state index contributed by atoms with van der Waals surface area (Å²) in [6.45, 7) is 5.98. The number of nitrogens with zero attached hydrogens (tertiary/aromatic N) is 1. The molecule has 3 aromatic rings. The lowest BCUT2D eigenvalue weighted by Crippen LogP contribution is -2.51. The van der Waals surface area contributed by atoms with E-state index in [-0.39, 0.29) is 17.8 Å². The predicted octanol–water partition coefficient (Wildman–Crippen LogP) is 7.24. The fourth-order valence-corrected chi connectivity index (χ4v) is 6.21. The maximum atomic E-state index is 14.6. The van der Waals surface area contributed by atoms with Crippen molar-refractivity contribution in [3.05, 3.63) is 92.7 Å². The second-order valence-corrected chi connectivity index (χ2v) is 11.2. The minimum atomic E-state index is -1.23. The molecule has 0 aromatic heterocycles. The van der Waals surface area contributed by atoms with E-state index in [1.165, 1.54) is 13.2 Å². The molecule has 8 heteroatoms. The molecule has 3 atom stereocenters. The van der Waals surface area contributed by atoms with Crippen molar-refractivity contribution in [2.24, 2.45) is 4.99 Å². The Bertz CT molecular complexity index is 1440. The summed E-state index contributed by atoms with van der Waals surface area (Å²) in [6, 6.07) is 15.7. The molecule has 0 saturated carbocycles. The van der Waals surface area contributed by atoms with Gasteiger partial charge in [-0.25, -0.2) is 9.18 Å². The number of hydrogen-bond acceptors (Lipinski definition) is 5. The number of benzene rings is 3. The van der Waals surface area contributed by atoms with Crippen LogP contribution >= 0.6 is 23.2 Å². The van der Waals surface area contributed by atoms with E-state index in [2.05, 4.69) is 5.32 Å². The Morgan fingerprint density at radius 2 is 1.82 bits per heavy atom. The van der Waals surface area contributed by atoms with E-state index in [1.807, 2.05) is 37.4 Å². The Morgan fingerprint density at radius 3 is 2.58 bits per heavy atom. The van der Waals surface area contributed by atoms with Gasteiger partial charge in [0.05, 0.1) is 18.2 Å². The van der Waals surface area contributed by atoms with Gasteiger partial charge in [-0.15, -0.1) is 0 Å². The first-order valence-electron chi connectivity index (χ1n) is 12.5. The van der Waals surface area contributed by atoms with Crippen LogP contribution in [0.1, 0.15) is 54.5 Å². The van der Waals surface area contributed by atoms with Gasteiger partial charge in [-0.1, -0.05) is 35.3 Å². The number of piperidine rings is 1. The SMILES string of the molecule is COC(=O)C(C)(C)Oc1ccc(Cl)cc1[C@@H]1CCN[C@@H](c2cc(F)ccc2C)[C@]12C=Nc1cc(Cl)ccc12. The number of carbonyl (C=O) groups excluding carboxylic acids is 1. The molecule has 5 nitrogen and oxygen atoms in total. The molecule has 0 unspecified atom stereocenters. The van der Waals surface area contributed by atoms with Gasteiger partial charge < -0.3 is 14.8 Å². The minimum absolute atomic E-state index is 0.176. The molecule has 2 heterocycles. The van der Waals surface area contributed by atoms with Gasteiger partial charge in [0.25, 0.3) is 0 Å². The summed E-state index contributed by atoms with van der Waals surface area (Å²) in [5.41, 5.74) is 2.46. The summed E-state index contributed by atoms with van der Waals surface area (Å²) < 4.78 is 25.9. The Labute approximate surface area is 232 Å². The van der Waals surface area contributed by atoms with Gasteiger partial charge in [0.1, 0.15) is 11.6 Å². The van der Waals surface area contributed by atoms with E-state index in [0.717, 1.165) is 27.9 Å². The van der Waals surface area contributed by atoms with Crippen molar-refractivity contribution in [3.8, 4) is 5.75 Å². The Morgan fingerprint density at radius 1 is 1.08 bits per heavy atom. The third-order valence-corrected chi connectivity index (χ3v) is 8.09. The van der Waals surface area contributed by atoms with Crippen molar-refractivity contribution >= 4 is 41.1 Å². The number of methoxy groups -OCH3 is 1. The van der Waals surface area contributed by atoms with E-state index >= 15 is 0 Å². The van der Waals surface area contributed by atoms with Crippen LogP contribution in [0.25, 0.3) is 0 Å². The zero-order valence-electron chi connectivity index (χ0n) is 21.6. The number of aryl methyl sites for hydroxylation is 1. The van der Waals surface area contributed by atoms with Crippen LogP contribution in [0.5, 0.6) is 5.75 Å². The molecule has 1 spiro atoms. The Hall–Kier alpha value is -2.93. The molecule has 0 bridgehead atoms. The number of fused-ring (bicyclic) bond motifs is 2. The topological polar surface area (TPSA) is 59.9 Å². The van der Waals surface area contributed by atoms with Gasteiger partial charge in [0, 0.05) is 33.8 Å². The van der Waals surface area contributed by atoms with E-state index in [9.17, 15) is 9.18 Å². The molecule has 0 amide bonds. The molecule has 1 N–H and O–H groups in total. The molecule has 3 aromatic carbocycles. The van der Waals surface area contributed by atoms with Crippen LogP contribution in [0.15, 0.2) is 59.6 Å². The van der Waals surface area contributed by atoms with Crippen LogP contribution in [0.3, 0.4) is 0 Å². The standard InChI is InChI=1S/C30H29Cl2FN2O3/c1-17-5-8-20(33)15-21(17)27-30(16-35-25-14-19(32)6-9-24(25)30)23(11-12-34-27)22-13-18(31)7-10-26(22)38-29(2,3)28(36)37-4/h5-10,13-16,23,27,34H,11-12H2,1-4H3/t23-,27-,30+/m0/s1. The number of rotatable bonds is 5. The van der Waals surface area contributed by atoms with E-state index in [4.69, 9.17) is 37.7 Å². The summed E-state index contributed by atoms with van der Waals surface area (Å²) in [7, 11) is 1.33. The van der Waals surface area contributed by atoms with Gasteiger partial charge in [-0.05, 0) is 92.9 Å². The van der Waals surface area contributed by atoms with Crippen molar-refractivity contribution in [1.29, 1.82) is 0 Å². The number of esters is 1. The van der Waals surface area contributed by atoms with Crippen LogP contribution < -0.4 is 10.1 Å². The summed E-state index contributed by atoms with van der Waals surface area (Å²) in [4.78, 5) is 17.3. The first-order valence-corrected chi connectivity index (χ1v) is 13.2. The number of aliphatic imine (C=N–C) groups is 1. The number of nitrogens with one attached hydrogen (secondary N) is 1. The molecule has 1 saturated heterocycles. The van der Waals surface area contributed by atoms with Crippen LogP contribution in [-0.2, 0) is 14.9 Å². The van der Waals surface area contributed by atoms with Crippen molar-refractivity contribution < 1.29 is 18.7 Å². The molecule has 198 valence electrons. The van der Waals surface area contributed by atoms with Gasteiger partial charge in [0.15, 0.2) is 5.60 Å². The highest BCUT2D eigenvalue weighted by Gasteiger charge is 2.53. The first-order chi connectivity index (χ1) is 18.1. The third-order valence-electron chi connectivity index (χ3n) is 7.62. The van der Waals surface area contributed by atoms with Crippen molar-refractivity contribution in [1.82, 2.24) is 5.32 Å². The third kappa shape index (κ3) is 4.49. The second-order valence-electron chi connectivity index (χ2n) is 10.4. The highest BCUT2D eigenvalue weighted by molar-refractivity contribution is 6.31. The normalized spacial score (nSPS) is 22.4. The summed E-state index contributed by atoms with van der Waals surface area (Å²) in [5, 5.41) is 4.79. The lowest BCUT2D eigenvalue weighted by Gasteiger charge is -2.48. The summed E-state index contributed by atoms with van der Waals surface area (Å²) >= 11 is 12.9. The average Bonchev–Trinajstić information content (AvgIpc) is 3.24. The average molecular weight is 555 g/mol. The molecular weight excluding hydrogens is 526 g/mol. The Balaban J connectivity index is 1.74.